The minimum absolute atomic E-state index is 0.297. The van der Waals surface area contributed by atoms with Gasteiger partial charge in [0.1, 0.15) is 18.2 Å². The second kappa shape index (κ2) is 7.61. The fourth-order valence-corrected chi connectivity index (χ4v) is 2.23. The standard InChI is InChI=1S/C17H17FN4O3/c1-23-15-7-6-12(10-16(15)24-2)17-19-21-22(20-17)8-9-25-14-5-3-4-13(18)11-14/h3-7,10-11H,8-9H2,1-2H3. The summed E-state index contributed by atoms with van der Waals surface area (Å²) in [5.74, 6) is 1.80. The molecular weight excluding hydrogens is 327 g/mol. The highest BCUT2D eigenvalue weighted by atomic mass is 19.1. The van der Waals surface area contributed by atoms with Gasteiger partial charge in [-0.2, -0.15) is 4.80 Å². The Balaban J connectivity index is 1.64. The summed E-state index contributed by atoms with van der Waals surface area (Å²) < 4.78 is 29.0. The van der Waals surface area contributed by atoms with Crippen LogP contribution >= 0.6 is 0 Å². The lowest BCUT2D eigenvalue weighted by atomic mass is 10.2. The third-order valence-corrected chi connectivity index (χ3v) is 3.45. The first-order valence-corrected chi connectivity index (χ1v) is 7.58. The van der Waals surface area contributed by atoms with E-state index in [0.717, 1.165) is 5.56 Å². The van der Waals surface area contributed by atoms with Crippen LogP contribution in [0.25, 0.3) is 11.4 Å². The van der Waals surface area contributed by atoms with Crippen LogP contribution in [-0.2, 0) is 6.54 Å². The summed E-state index contributed by atoms with van der Waals surface area (Å²) >= 11 is 0. The van der Waals surface area contributed by atoms with Crippen molar-refractivity contribution in [3.63, 3.8) is 0 Å². The second-order valence-corrected chi connectivity index (χ2v) is 5.08. The molecule has 3 rings (SSSR count). The van der Waals surface area contributed by atoms with Crippen molar-refractivity contribution in [3.8, 4) is 28.6 Å². The monoisotopic (exact) mass is 344 g/mol. The third kappa shape index (κ3) is 4.03. The van der Waals surface area contributed by atoms with E-state index in [0.29, 0.717) is 36.2 Å². The van der Waals surface area contributed by atoms with Gasteiger partial charge in [-0.25, -0.2) is 4.39 Å². The predicted molar refractivity (Wildman–Crippen MR) is 88.3 cm³/mol. The minimum atomic E-state index is -0.341. The molecule has 0 aliphatic carbocycles. The number of hydrogen-bond donors (Lipinski definition) is 0. The number of benzene rings is 2. The largest absolute Gasteiger partial charge is 0.493 e. The lowest BCUT2D eigenvalue weighted by Gasteiger charge is -2.07. The first-order valence-electron chi connectivity index (χ1n) is 7.58. The molecule has 0 aliphatic rings. The van der Waals surface area contributed by atoms with Gasteiger partial charge in [-0.05, 0) is 35.5 Å². The van der Waals surface area contributed by atoms with E-state index in [9.17, 15) is 4.39 Å². The molecule has 1 aromatic heterocycles. The average molecular weight is 344 g/mol. The first kappa shape index (κ1) is 16.7. The van der Waals surface area contributed by atoms with Crippen molar-refractivity contribution in [2.45, 2.75) is 6.54 Å². The molecule has 0 unspecified atom stereocenters. The Bertz CT molecular complexity index is 853. The number of tetrazole rings is 1. The van der Waals surface area contributed by atoms with Gasteiger partial charge in [0.2, 0.25) is 5.82 Å². The van der Waals surface area contributed by atoms with Crippen LogP contribution in [0.3, 0.4) is 0 Å². The quantitative estimate of drug-likeness (QED) is 0.656. The summed E-state index contributed by atoms with van der Waals surface area (Å²) in [6, 6.07) is 11.4. The van der Waals surface area contributed by atoms with Gasteiger partial charge in [0.15, 0.2) is 11.5 Å². The van der Waals surface area contributed by atoms with E-state index in [1.54, 1.807) is 38.5 Å². The highest BCUT2D eigenvalue weighted by Gasteiger charge is 2.10. The Kier molecular flexibility index (Phi) is 5.08. The van der Waals surface area contributed by atoms with Gasteiger partial charge in [0.25, 0.3) is 0 Å². The first-order chi connectivity index (χ1) is 12.2. The van der Waals surface area contributed by atoms with E-state index in [-0.39, 0.29) is 5.82 Å². The normalized spacial score (nSPS) is 10.5. The summed E-state index contributed by atoms with van der Waals surface area (Å²) in [4.78, 5) is 1.42. The molecule has 0 radical (unpaired) electrons. The number of hydrogen-bond acceptors (Lipinski definition) is 6. The van der Waals surface area contributed by atoms with Crippen LogP contribution in [0, 0.1) is 5.82 Å². The van der Waals surface area contributed by atoms with Crippen LogP contribution in [0.2, 0.25) is 0 Å². The molecule has 1 heterocycles. The molecule has 7 nitrogen and oxygen atoms in total. The number of halogens is 1. The van der Waals surface area contributed by atoms with E-state index in [2.05, 4.69) is 15.4 Å². The lowest BCUT2D eigenvalue weighted by molar-refractivity contribution is 0.279. The van der Waals surface area contributed by atoms with E-state index < -0.39 is 0 Å². The number of aromatic nitrogens is 4. The average Bonchev–Trinajstić information content (AvgIpc) is 3.10. The van der Waals surface area contributed by atoms with Crippen molar-refractivity contribution in [1.29, 1.82) is 0 Å². The molecule has 0 bridgehead atoms. The number of ether oxygens (including phenoxy) is 3. The van der Waals surface area contributed by atoms with Gasteiger partial charge in [-0.1, -0.05) is 6.07 Å². The van der Waals surface area contributed by atoms with Crippen molar-refractivity contribution < 1.29 is 18.6 Å². The van der Waals surface area contributed by atoms with Crippen LogP contribution in [-0.4, -0.2) is 41.0 Å². The third-order valence-electron chi connectivity index (χ3n) is 3.45. The maximum atomic E-state index is 13.1. The van der Waals surface area contributed by atoms with E-state index >= 15 is 0 Å². The van der Waals surface area contributed by atoms with Crippen molar-refractivity contribution >= 4 is 0 Å². The molecule has 25 heavy (non-hydrogen) atoms. The SMILES string of the molecule is COc1ccc(-c2nnn(CCOc3cccc(F)c3)n2)cc1OC. The number of rotatable bonds is 7. The maximum Gasteiger partial charge on any atom is 0.205 e. The molecule has 8 heteroatoms. The highest BCUT2D eigenvalue weighted by Crippen LogP contribution is 2.30. The molecule has 0 N–H and O–H groups in total. The number of methoxy groups -OCH3 is 2. The van der Waals surface area contributed by atoms with E-state index in [4.69, 9.17) is 14.2 Å². The zero-order valence-corrected chi connectivity index (χ0v) is 13.8. The summed E-state index contributed by atoms with van der Waals surface area (Å²) in [5, 5.41) is 12.3. The lowest BCUT2D eigenvalue weighted by Crippen LogP contribution is -2.11. The molecule has 0 aliphatic heterocycles. The van der Waals surface area contributed by atoms with Gasteiger partial charge < -0.3 is 14.2 Å². The second-order valence-electron chi connectivity index (χ2n) is 5.08. The van der Waals surface area contributed by atoms with Gasteiger partial charge in [-0.15, -0.1) is 10.2 Å². The smallest absolute Gasteiger partial charge is 0.205 e. The van der Waals surface area contributed by atoms with Gasteiger partial charge in [-0.3, -0.25) is 0 Å². The molecular formula is C17H17FN4O3. The Morgan fingerprint density at radius 3 is 2.64 bits per heavy atom. The van der Waals surface area contributed by atoms with Crippen molar-refractivity contribution in [2.24, 2.45) is 0 Å². The molecule has 0 saturated heterocycles. The maximum absolute atomic E-state index is 13.1. The van der Waals surface area contributed by atoms with Gasteiger partial charge in [0, 0.05) is 11.6 Å². The van der Waals surface area contributed by atoms with Crippen LogP contribution in [0.1, 0.15) is 0 Å². The number of nitrogens with zero attached hydrogens (tertiary/aromatic N) is 4. The zero-order chi connectivity index (χ0) is 17.6. The fourth-order valence-electron chi connectivity index (χ4n) is 2.23. The molecule has 2 aromatic carbocycles. The van der Waals surface area contributed by atoms with Crippen molar-refractivity contribution in [1.82, 2.24) is 20.2 Å². The van der Waals surface area contributed by atoms with Crippen LogP contribution in [0.5, 0.6) is 17.2 Å². The molecule has 0 spiro atoms. The van der Waals surface area contributed by atoms with Crippen LogP contribution < -0.4 is 14.2 Å². The Morgan fingerprint density at radius 1 is 1.04 bits per heavy atom. The van der Waals surface area contributed by atoms with Gasteiger partial charge in [0.05, 0.1) is 20.8 Å². The molecule has 0 atom stereocenters. The van der Waals surface area contributed by atoms with E-state index in [1.807, 2.05) is 6.07 Å². The summed E-state index contributed by atoms with van der Waals surface area (Å²) in [6.07, 6.45) is 0. The molecule has 3 aromatic rings. The van der Waals surface area contributed by atoms with E-state index in [1.165, 1.54) is 16.9 Å². The van der Waals surface area contributed by atoms with Crippen molar-refractivity contribution in [3.05, 3.63) is 48.3 Å². The van der Waals surface area contributed by atoms with Crippen molar-refractivity contribution in [2.75, 3.05) is 20.8 Å². The Labute approximate surface area is 143 Å². The van der Waals surface area contributed by atoms with Crippen LogP contribution in [0.15, 0.2) is 42.5 Å². The predicted octanol–water partition coefficient (Wildman–Crippen LogP) is 2.58. The zero-order valence-electron chi connectivity index (χ0n) is 13.8. The molecule has 0 fully saturated rings. The Morgan fingerprint density at radius 2 is 1.88 bits per heavy atom. The molecule has 130 valence electrons. The molecule has 0 saturated carbocycles. The molecule has 0 amide bonds. The highest BCUT2D eigenvalue weighted by molar-refractivity contribution is 5.60. The Hall–Kier alpha value is -3.16. The fraction of sp³-hybridized carbons (Fsp3) is 0.235. The summed E-state index contributed by atoms with van der Waals surface area (Å²) in [7, 11) is 3.14. The summed E-state index contributed by atoms with van der Waals surface area (Å²) in [6.45, 7) is 0.683. The topological polar surface area (TPSA) is 71.3 Å². The summed E-state index contributed by atoms with van der Waals surface area (Å²) in [5.41, 5.74) is 0.759. The van der Waals surface area contributed by atoms with Crippen LogP contribution in [0.4, 0.5) is 4.39 Å². The minimum Gasteiger partial charge on any atom is -0.493 e. The van der Waals surface area contributed by atoms with Gasteiger partial charge >= 0.3 is 0 Å².